The lowest BCUT2D eigenvalue weighted by Gasteiger charge is -2.13. The van der Waals surface area contributed by atoms with E-state index in [0.717, 1.165) is 11.8 Å². The number of benzene rings is 2. The zero-order chi connectivity index (χ0) is 21.7. The highest BCUT2D eigenvalue weighted by Gasteiger charge is 2.15. The topological polar surface area (TPSA) is 116 Å². The number of anilines is 1. The van der Waals surface area contributed by atoms with E-state index >= 15 is 0 Å². The Morgan fingerprint density at radius 3 is 2.80 bits per heavy atom. The summed E-state index contributed by atoms with van der Waals surface area (Å²) in [5, 5.41) is 14.4. The highest BCUT2D eigenvalue weighted by molar-refractivity contribution is 9.10. The Morgan fingerprint density at radius 2 is 2.10 bits per heavy atom. The van der Waals surface area contributed by atoms with Crippen molar-refractivity contribution in [2.75, 3.05) is 24.8 Å². The Labute approximate surface area is 183 Å². The molecule has 0 radical (unpaired) electrons. The number of nitrogens with one attached hydrogen (secondary N) is 1. The fraction of sp³-hybridized carbons (Fsp3) is 0.211. The van der Waals surface area contributed by atoms with Crippen LogP contribution in [0.15, 0.2) is 56.9 Å². The highest BCUT2D eigenvalue weighted by atomic mass is 79.9. The number of nitro groups is 1. The van der Waals surface area contributed by atoms with Crippen molar-refractivity contribution in [3.63, 3.8) is 0 Å². The van der Waals surface area contributed by atoms with Crippen molar-refractivity contribution in [1.82, 2.24) is 9.55 Å². The van der Waals surface area contributed by atoms with Crippen molar-refractivity contribution in [2.24, 2.45) is 0 Å². The van der Waals surface area contributed by atoms with Crippen molar-refractivity contribution in [2.45, 2.75) is 11.7 Å². The molecule has 0 aliphatic carbocycles. The molecule has 0 fully saturated rings. The van der Waals surface area contributed by atoms with Gasteiger partial charge >= 0.3 is 0 Å². The number of hydrogen-bond acceptors (Lipinski definition) is 7. The molecule has 2 aromatic carbocycles. The Kier molecular flexibility index (Phi) is 7.19. The molecule has 0 saturated heterocycles. The van der Waals surface area contributed by atoms with Crippen molar-refractivity contribution < 1.29 is 14.5 Å². The van der Waals surface area contributed by atoms with Crippen LogP contribution in [0, 0.1) is 10.1 Å². The van der Waals surface area contributed by atoms with Gasteiger partial charge in [0.1, 0.15) is 0 Å². The van der Waals surface area contributed by atoms with Crippen molar-refractivity contribution >= 4 is 55.9 Å². The predicted molar refractivity (Wildman–Crippen MR) is 118 cm³/mol. The first-order valence-electron chi connectivity index (χ1n) is 8.76. The normalized spacial score (nSPS) is 10.9. The van der Waals surface area contributed by atoms with Crippen molar-refractivity contribution in [1.29, 1.82) is 0 Å². The summed E-state index contributed by atoms with van der Waals surface area (Å²) in [7, 11) is 1.54. The molecular formula is C19H17BrN4O5S. The minimum atomic E-state index is -0.517. The van der Waals surface area contributed by atoms with Crippen molar-refractivity contribution in [3.05, 3.63) is 67.4 Å². The minimum Gasteiger partial charge on any atom is -0.383 e. The summed E-state index contributed by atoms with van der Waals surface area (Å²) in [5.41, 5.74) is 0.682. The van der Waals surface area contributed by atoms with Gasteiger partial charge < -0.3 is 10.1 Å². The van der Waals surface area contributed by atoms with Gasteiger partial charge in [-0.1, -0.05) is 23.9 Å². The molecule has 30 heavy (non-hydrogen) atoms. The number of nitrogens with zero attached hydrogens (tertiary/aromatic N) is 3. The third kappa shape index (κ3) is 5.04. The number of hydrogen-bond donors (Lipinski definition) is 1. The summed E-state index contributed by atoms with van der Waals surface area (Å²) in [4.78, 5) is 40.0. The van der Waals surface area contributed by atoms with Gasteiger partial charge in [0.15, 0.2) is 5.16 Å². The molecule has 1 heterocycles. The second-order valence-electron chi connectivity index (χ2n) is 6.12. The monoisotopic (exact) mass is 492 g/mol. The largest absolute Gasteiger partial charge is 0.383 e. The maximum absolute atomic E-state index is 12.8. The fourth-order valence-corrected chi connectivity index (χ4v) is 3.96. The van der Waals surface area contributed by atoms with E-state index < -0.39 is 4.92 Å². The number of methoxy groups -OCH3 is 1. The standard InChI is InChI=1S/C19H17BrN4O5S/c1-29-9-8-23-18(26)13-4-2-3-5-15(13)22-19(23)30-11-17(25)21-16-7-6-12(24(27)28)10-14(16)20/h2-7,10H,8-9,11H2,1H3,(H,21,25). The van der Waals surface area contributed by atoms with Crippen LogP contribution >= 0.6 is 27.7 Å². The van der Waals surface area contributed by atoms with Gasteiger partial charge in [-0.3, -0.25) is 24.3 Å². The van der Waals surface area contributed by atoms with Gasteiger partial charge in [0, 0.05) is 23.7 Å². The quantitative estimate of drug-likeness (QED) is 0.221. The summed E-state index contributed by atoms with van der Waals surface area (Å²) >= 11 is 4.35. The van der Waals surface area contributed by atoms with Crippen LogP contribution in [0.1, 0.15) is 0 Å². The number of rotatable bonds is 8. The number of amides is 1. The van der Waals surface area contributed by atoms with E-state index in [1.165, 1.54) is 22.8 Å². The number of thioether (sulfide) groups is 1. The number of para-hydroxylation sites is 1. The first-order chi connectivity index (χ1) is 14.4. The molecule has 0 atom stereocenters. The van der Waals surface area contributed by atoms with Crippen LogP contribution in [0.3, 0.4) is 0 Å². The number of carbonyl (C=O) groups is 1. The maximum Gasteiger partial charge on any atom is 0.270 e. The number of fused-ring (bicyclic) bond motifs is 1. The summed E-state index contributed by atoms with van der Waals surface area (Å²) in [6, 6.07) is 11.1. The molecule has 0 aliphatic rings. The lowest BCUT2D eigenvalue weighted by Crippen LogP contribution is -2.26. The van der Waals surface area contributed by atoms with Gasteiger partial charge in [0.25, 0.3) is 11.2 Å². The number of halogens is 1. The van der Waals surface area contributed by atoms with E-state index in [4.69, 9.17) is 4.74 Å². The molecule has 1 aromatic heterocycles. The molecule has 0 aliphatic heterocycles. The minimum absolute atomic E-state index is 0.00118. The van der Waals surface area contributed by atoms with E-state index in [9.17, 15) is 19.7 Å². The molecule has 0 spiro atoms. The molecule has 1 N–H and O–H groups in total. The predicted octanol–water partition coefficient (Wildman–Crippen LogP) is 3.44. The van der Waals surface area contributed by atoms with E-state index in [0.29, 0.717) is 39.4 Å². The van der Waals surface area contributed by atoms with Gasteiger partial charge in [-0.15, -0.1) is 0 Å². The summed E-state index contributed by atoms with van der Waals surface area (Å²) in [6.45, 7) is 0.639. The fourth-order valence-electron chi connectivity index (χ4n) is 2.67. The highest BCUT2D eigenvalue weighted by Crippen LogP contribution is 2.27. The second-order valence-corrected chi connectivity index (χ2v) is 7.92. The number of non-ortho nitro benzene ring substituents is 1. The molecule has 1 amide bonds. The van der Waals surface area contributed by atoms with Crippen LogP contribution in [0.5, 0.6) is 0 Å². The SMILES string of the molecule is COCCn1c(SCC(=O)Nc2ccc([N+](=O)[O-])cc2Br)nc2ccccc2c1=O. The molecule has 156 valence electrons. The Bertz CT molecular complexity index is 1170. The van der Waals surface area contributed by atoms with Crippen LogP contribution in [-0.2, 0) is 16.1 Å². The molecular weight excluding hydrogens is 476 g/mol. The number of aromatic nitrogens is 2. The van der Waals surface area contributed by atoms with E-state index in [-0.39, 0.29) is 22.9 Å². The van der Waals surface area contributed by atoms with Gasteiger partial charge in [0.2, 0.25) is 5.91 Å². The molecule has 3 aromatic rings. The first-order valence-corrected chi connectivity index (χ1v) is 10.5. The Morgan fingerprint density at radius 1 is 1.33 bits per heavy atom. The molecule has 3 rings (SSSR count). The third-order valence-corrected chi connectivity index (χ3v) is 5.75. The van der Waals surface area contributed by atoms with Crippen LogP contribution in [-0.4, -0.2) is 39.9 Å². The summed E-state index contributed by atoms with van der Waals surface area (Å²) in [5.74, 6) is -0.337. The molecule has 11 heteroatoms. The zero-order valence-corrected chi connectivity index (χ0v) is 18.2. The Balaban J connectivity index is 1.78. The van der Waals surface area contributed by atoms with Gasteiger partial charge in [-0.05, 0) is 34.1 Å². The lowest BCUT2D eigenvalue weighted by atomic mass is 10.2. The van der Waals surface area contributed by atoms with Crippen LogP contribution in [0.4, 0.5) is 11.4 Å². The van der Waals surface area contributed by atoms with Gasteiger partial charge in [-0.2, -0.15) is 0 Å². The van der Waals surface area contributed by atoms with E-state index in [2.05, 4.69) is 26.2 Å². The summed E-state index contributed by atoms with van der Waals surface area (Å²) < 4.78 is 6.97. The number of nitro benzene ring substituents is 1. The smallest absolute Gasteiger partial charge is 0.270 e. The molecule has 0 saturated carbocycles. The maximum atomic E-state index is 12.8. The zero-order valence-electron chi connectivity index (χ0n) is 15.8. The third-order valence-electron chi connectivity index (χ3n) is 4.12. The number of ether oxygens (including phenoxy) is 1. The van der Waals surface area contributed by atoms with Gasteiger partial charge in [0.05, 0.1) is 40.4 Å². The van der Waals surface area contributed by atoms with Crippen molar-refractivity contribution in [3.8, 4) is 0 Å². The number of carbonyl (C=O) groups excluding carboxylic acids is 1. The average molecular weight is 493 g/mol. The molecule has 0 unspecified atom stereocenters. The van der Waals surface area contributed by atoms with E-state index in [1.807, 2.05) is 0 Å². The summed E-state index contributed by atoms with van der Waals surface area (Å²) in [6.07, 6.45) is 0. The Hall–Kier alpha value is -2.76. The average Bonchev–Trinajstić information content (AvgIpc) is 2.73. The molecule has 0 bridgehead atoms. The van der Waals surface area contributed by atoms with Crippen LogP contribution in [0.25, 0.3) is 10.9 Å². The van der Waals surface area contributed by atoms with Gasteiger partial charge in [-0.25, -0.2) is 4.98 Å². The lowest BCUT2D eigenvalue weighted by molar-refractivity contribution is -0.384. The second kappa shape index (κ2) is 9.83. The van der Waals surface area contributed by atoms with E-state index in [1.54, 1.807) is 31.4 Å². The van der Waals surface area contributed by atoms with Crippen LogP contribution < -0.4 is 10.9 Å². The van der Waals surface area contributed by atoms with Crippen LogP contribution in [0.2, 0.25) is 0 Å². The first kappa shape index (κ1) is 21.9. The molecule has 9 nitrogen and oxygen atoms in total.